The maximum atomic E-state index is 11.8. The zero-order chi connectivity index (χ0) is 11.4. The fraction of sp³-hybridized carbons (Fsp3) is 0.333. The molecule has 0 aliphatic heterocycles. The number of nitrogens with zero attached hydrogens (tertiary/aromatic N) is 2. The van der Waals surface area contributed by atoms with Gasteiger partial charge in [0.1, 0.15) is 5.82 Å². The second-order valence-electron chi connectivity index (χ2n) is 3.04. The Morgan fingerprint density at radius 3 is 3.00 bits per heavy atom. The Hall–Kier alpha value is -1.33. The van der Waals surface area contributed by atoms with Crippen molar-refractivity contribution in [2.24, 2.45) is 0 Å². The minimum atomic E-state index is -0.289. The average molecular weight is 230 g/mol. The van der Waals surface area contributed by atoms with Gasteiger partial charge in [0.25, 0.3) is 5.91 Å². The highest BCUT2D eigenvalue weighted by Crippen LogP contribution is 2.17. The van der Waals surface area contributed by atoms with Crippen molar-refractivity contribution in [2.45, 2.75) is 0 Å². The van der Waals surface area contributed by atoms with Crippen LogP contribution in [0.1, 0.15) is 10.4 Å². The predicted octanol–water partition coefficient (Wildman–Crippen LogP) is 0.381. The van der Waals surface area contributed by atoms with Crippen molar-refractivity contribution in [3.63, 3.8) is 0 Å². The summed E-state index contributed by atoms with van der Waals surface area (Å²) in [4.78, 5) is 16.9. The summed E-state index contributed by atoms with van der Waals surface area (Å²) in [5.41, 5.74) is 5.74. The number of aliphatic hydroxyl groups excluding tert-OH is 1. The van der Waals surface area contributed by atoms with E-state index in [-0.39, 0.29) is 29.9 Å². The Bertz CT molecular complexity index is 370. The number of likely N-dealkylation sites (N-methyl/N-ethyl adjacent to an activating group) is 1. The van der Waals surface area contributed by atoms with Crippen molar-refractivity contribution in [3.05, 3.63) is 22.8 Å². The monoisotopic (exact) mass is 229 g/mol. The van der Waals surface area contributed by atoms with Gasteiger partial charge in [-0.15, -0.1) is 0 Å². The van der Waals surface area contributed by atoms with Gasteiger partial charge in [-0.1, -0.05) is 11.6 Å². The molecule has 0 spiro atoms. The van der Waals surface area contributed by atoms with Crippen LogP contribution in [0.3, 0.4) is 0 Å². The van der Waals surface area contributed by atoms with Crippen molar-refractivity contribution >= 4 is 23.3 Å². The van der Waals surface area contributed by atoms with Gasteiger partial charge in [0.2, 0.25) is 0 Å². The van der Waals surface area contributed by atoms with E-state index in [1.165, 1.54) is 17.2 Å². The third kappa shape index (κ3) is 2.81. The van der Waals surface area contributed by atoms with Crippen LogP contribution >= 0.6 is 11.6 Å². The number of hydrogen-bond donors (Lipinski definition) is 2. The minimum absolute atomic E-state index is 0.0968. The standard InChI is InChI=1S/C9H12ClN3O2/c1-13(2-3-14)9(15)6-4-8(11)12-5-7(6)10/h4-5,14H,2-3H2,1H3,(H2,11,12). The van der Waals surface area contributed by atoms with Crippen LogP contribution in [-0.4, -0.2) is 41.1 Å². The van der Waals surface area contributed by atoms with Gasteiger partial charge in [0.05, 0.1) is 17.2 Å². The number of pyridine rings is 1. The lowest BCUT2D eigenvalue weighted by molar-refractivity contribution is 0.0767. The molecule has 0 unspecified atom stereocenters. The number of amides is 1. The van der Waals surface area contributed by atoms with E-state index in [0.717, 1.165) is 0 Å². The van der Waals surface area contributed by atoms with Gasteiger partial charge in [-0.25, -0.2) is 4.98 Å². The summed E-state index contributed by atoms with van der Waals surface area (Å²) in [5, 5.41) is 8.94. The van der Waals surface area contributed by atoms with Gasteiger partial charge >= 0.3 is 0 Å². The largest absolute Gasteiger partial charge is 0.395 e. The van der Waals surface area contributed by atoms with Crippen LogP contribution in [0, 0.1) is 0 Å². The molecule has 0 aliphatic rings. The first-order valence-electron chi connectivity index (χ1n) is 4.33. The molecule has 15 heavy (non-hydrogen) atoms. The number of carbonyl (C=O) groups is 1. The van der Waals surface area contributed by atoms with Crippen molar-refractivity contribution in [2.75, 3.05) is 25.9 Å². The molecule has 1 aromatic heterocycles. The first kappa shape index (κ1) is 11.7. The lowest BCUT2D eigenvalue weighted by atomic mass is 10.2. The number of nitrogens with two attached hydrogens (primary N) is 1. The Morgan fingerprint density at radius 2 is 2.40 bits per heavy atom. The fourth-order valence-electron chi connectivity index (χ4n) is 1.08. The van der Waals surface area contributed by atoms with E-state index in [1.54, 1.807) is 7.05 Å². The third-order valence-corrected chi connectivity index (χ3v) is 2.19. The maximum absolute atomic E-state index is 11.8. The first-order chi connectivity index (χ1) is 7.06. The van der Waals surface area contributed by atoms with Gasteiger partial charge < -0.3 is 15.7 Å². The van der Waals surface area contributed by atoms with E-state index in [2.05, 4.69) is 4.98 Å². The highest BCUT2D eigenvalue weighted by Gasteiger charge is 2.15. The Labute approximate surface area is 92.5 Å². The lowest BCUT2D eigenvalue weighted by Crippen LogP contribution is -2.29. The smallest absolute Gasteiger partial charge is 0.255 e. The zero-order valence-corrected chi connectivity index (χ0v) is 9.03. The average Bonchev–Trinajstić information content (AvgIpc) is 2.21. The van der Waals surface area contributed by atoms with Crippen molar-refractivity contribution in [1.82, 2.24) is 9.88 Å². The van der Waals surface area contributed by atoms with E-state index in [4.69, 9.17) is 22.4 Å². The number of aliphatic hydroxyl groups is 1. The molecule has 1 amide bonds. The molecule has 1 heterocycles. The Morgan fingerprint density at radius 1 is 1.73 bits per heavy atom. The molecule has 0 aromatic carbocycles. The number of aromatic nitrogens is 1. The molecule has 6 heteroatoms. The number of rotatable bonds is 3. The van der Waals surface area contributed by atoms with E-state index in [0.29, 0.717) is 5.56 Å². The molecule has 1 aromatic rings. The van der Waals surface area contributed by atoms with Crippen LogP contribution in [0.5, 0.6) is 0 Å². The fourth-order valence-corrected chi connectivity index (χ4v) is 1.26. The van der Waals surface area contributed by atoms with Crippen LogP contribution in [0.15, 0.2) is 12.3 Å². The van der Waals surface area contributed by atoms with Gasteiger partial charge in [-0.2, -0.15) is 0 Å². The number of nitrogen functional groups attached to an aromatic ring is 1. The number of anilines is 1. The summed E-state index contributed by atoms with van der Waals surface area (Å²) < 4.78 is 0. The number of hydrogen-bond acceptors (Lipinski definition) is 4. The molecule has 0 fully saturated rings. The van der Waals surface area contributed by atoms with Crippen molar-refractivity contribution in [3.8, 4) is 0 Å². The molecule has 0 saturated heterocycles. The molecule has 0 radical (unpaired) electrons. The molecule has 3 N–H and O–H groups in total. The van der Waals surface area contributed by atoms with Crippen molar-refractivity contribution < 1.29 is 9.90 Å². The first-order valence-corrected chi connectivity index (χ1v) is 4.71. The number of carbonyl (C=O) groups excluding carboxylic acids is 1. The second-order valence-corrected chi connectivity index (χ2v) is 3.45. The van der Waals surface area contributed by atoms with E-state index < -0.39 is 0 Å². The topological polar surface area (TPSA) is 79.5 Å². The lowest BCUT2D eigenvalue weighted by Gasteiger charge is -2.16. The highest BCUT2D eigenvalue weighted by molar-refractivity contribution is 6.33. The summed E-state index contributed by atoms with van der Waals surface area (Å²) in [6.45, 7) is 0.151. The van der Waals surface area contributed by atoms with E-state index >= 15 is 0 Å². The summed E-state index contributed by atoms with van der Waals surface area (Å²) >= 11 is 5.81. The molecule has 1 rings (SSSR count). The molecule has 0 aliphatic carbocycles. The molecule has 82 valence electrons. The Balaban J connectivity index is 2.95. The quantitative estimate of drug-likeness (QED) is 0.786. The van der Waals surface area contributed by atoms with Crippen LogP contribution in [-0.2, 0) is 0 Å². The van der Waals surface area contributed by atoms with Crippen LogP contribution in [0.2, 0.25) is 5.02 Å². The van der Waals surface area contributed by atoms with Gasteiger partial charge in [0, 0.05) is 19.8 Å². The zero-order valence-electron chi connectivity index (χ0n) is 8.27. The van der Waals surface area contributed by atoms with Gasteiger partial charge in [0.15, 0.2) is 0 Å². The second kappa shape index (κ2) is 4.95. The third-order valence-electron chi connectivity index (χ3n) is 1.89. The molecular weight excluding hydrogens is 218 g/mol. The van der Waals surface area contributed by atoms with Crippen LogP contribution in [0.4, 0.5) is 5.82 Å². The SMILES string of the molecule is CN(CCO)C(=O)c1cc(N)ncc1Cl. The van der Waals surface area contributed by atoms with Gasteiger partial charge in [-0.05, 0) is 6.07 Å². The molecule has 0 atom stereocenters. The minimum Gasteiger partial charge on any atom is -0.395 e. The normalized spacial score (nSPS) is 10.1. The summed E-state index contributed by atoms with van der Waals surface area (Å²) in [7, 11) is 1.57. The molecular formula is C9H12ClN3O2. The van der Waals surface area contributed by atoms with E-state index in [1.807, 2.05) is 0 Å². The molecule has 0 bridgehead atoms. The van der Waals surface area contributed by atoms with E-state index in [9.17, 15) is 4.79 Å². The molecule has 0 saturated carbocycles. The van der Waals surface area contributed by atoms with Crippen molar-refractivity contribution in [1.29, 1.82) is 0 Å². The summed E-state index contributed by atoms with van der Waals surface area (Å²) in [6.07, 6.45) is 1.33. The van der Waals surface area contributed by atoms with Crippen LogP contribution in [0.25, 0.3) is 0 Å². The maximum Gasteiger partial charge on any atom is 0.255 e. The number of halogens is 1. The van der Waals surface area contributed by atoms with Gasteiger partial charge in [-0.3, -0.25) is 4.79 Å². The Kier molecular flexibility index (Phi) is 3.88. The molecule has 5 nitrogen and oxygen atoms in total. The van der Waals surface area contributed by atoms with Crippen LogP contribution < -0.4 is 5.73 Å². The highest BCUT2D eigenvalue weighted by atomic mass is 35.5. The summed E-state index contributed by atoms with van der Waals surface area (Å²) in [5.74, 6) is -0.0525. The predicted molar refractivity (Wildman–Crippen MR) is 57.7 cm³/mol. The summed E-state index contributed by atoms with van der Waals surface area (Å²) in [6, 6.07) is 1.42.